The monoisotopic (exact) mass is 515 g/mol. The van der Waals surface area contributed by atoms with Crippen molar-refractivity contribution in [2.24, 2.45) is 7.05 Å². The van der Waals surface area contributed by atoms with E-state index in [1.54, 1.807) is 20.8 Å². The molecule has 0 spiro atoms. The summed E-state index contributed by atoms with van der Waals surface area (Å²) in [6, 6.07) is 2.81. The molecule has 0 aliphatic heterocycles. The van der Waals surface area contributed by atoms with Crippen molar-refractivity contribution in [3.05, 3.63) is 59.7 Å². The zero-order valence-electron chi connectivity index (χ0n) is 19.7. The van der Waals surface area contributed by atoms with Crippen LogP contribution in [0.2, 0.25) is 0 Å². The Labute approximate surface area is 202 Å². The van der Waals surface area contributed by atoms with Crippen LogP contribution in [-0.4, -0.2) is 49.2 Å². The third kappa shape index (κ3) is 5.94. The number of aryl methyl sites for hydroxylation is 1. The quantitative estimate of drug-likeness (QED) is 0.403. The van der Waals surface area contributed by atoms with E-state index in [0.29, 0.717) is 6.20 Å². The molecular formula is C23H23F6N5O2. The Bertz CT molecular complexity index is 1200. The highest BCUT2D eigenvalue weighted by atomic mass is 19.4. The summed E-state index contributed by atoms with van der Waals surface area (Å²) in [7, 11) is 1.53. The maximum Gasteiger partial charge on any atom is 0.417 e. The molecular weight excluding hydrogens is 492 g/mol. The Morgan fingerprint density at radius 3 is 2.22 bits per heavy atom. The van der Waals surface area contributed by atoms with Crippen LogP contribution in [-0.2, 0) is 19.4 Å². The average molecular weight is 515 g/mol. The Morgan fingerprint density at radius 2 is 1.72 bits per heavy atom. The highest BCUT2D eigenvalue weighted by Crippen LogP contribution is 2.38. The van der Waals surface area contributed by atoms with Gasteiger partial charge < -0.3 is 9.64 Å². The smallest absolute Gasteiger partial charge is 0.417 e. The largest absolute Gasteiger partial charge is 0.475 e. The van der Waals surface area contributed by atoms with E-state index in [2.05, 4.69) is 15.1 Å². The lowest BCUT2D eigenvalue weighted by Crippen LogP contribution is -2.46. The van der Waals surface area contributed by atoms with E-state index in [0.717, 1.165) is 24.4 Å². The van der Waals surface area contributed by atoms with Gasteiger partial charge in [0, 0.05) is 43.3 Å². The van der Waals surface area contributed by atoms with Crippen LogP contribution >= 0.6 is 0 Å². The molecule has 1 amide bonds. The van der Waals surface area contributed by atoms with Crippen molar-refractivity contribution in [2.75, 3.05) is 6.61 Å². The number of pyridine rings is 2. The van der Waals surface area contributed by atoms with Crippen molar-refractivity contribution in [2.45, 2.75) is 45.2 Å². The molecule has 3 heterocycles. The number of alkyl halides is 6. The van der Waals surface area contributed by atoms with Crippen molar-refractivity contribution in [1.29, 1.82) is 0 Å². The lowest BCUT2D eigenvalue weighted by atomic mass is 10.0. The van der Waals surface area contributed by atoms with Crippen molar-refractivity contribution in [3.63, 3.8) is 0 Å². The fourth-order valence-electron chi connectivity index (χ4n) is 3.65. The lowest BCUT2D eigenvalue weighted by molar-refractivity contribution is -0.138. The van der Waals surface area contributed by atoms with Gasteiger partial charge in [0.15, 0.2) is 0 Å². The Kier molecular flexibility index (Phi) is 7.60. The van der Waals surface area contributed by atoms with Gasteiger partial charge in [0.2, 0.25) is 5.88 Å². The van der Waals surface area contributed by atoms with Gasteiger partial charge in [-0.15, -0.1) is 0 Å². The predicted molar refractivity (Wildman–Crippen MR) is 117 cm³/mol. The van der Waals surface area contributed by atoms with Crippen LogP contribution in [0.25, 0.3) is 11.3 Å². The van der Waals surface area contributed by atoms with Gasteiger partial charge in [-0.3, -0.25) is 14.5 Å². The van der Waals surface area contributed by atoms with Gasteiger partial charge in [0.25, 0.3) is 5.91 Å². The van der Waals surface area contributed by atoms with E-state index >= 15 is 0 Å². The Balaban J connectivity index is 1.91. The first-order valence-corrected chi connectivity index (χ1v) is 10.7. The Hall–Kier alpha value is -3.64. The minimum absolute atomic E-state index is 0.0668. The highest BCUT2D eigenvalue weighted by Gasteiger charge is 2.38. The summed E-state index contributed by atoms with van der Waals surface area (Å²) in [5.74, 6) is -0.884. The number of nitrogens with zero attached hydrogens (tertiary/aromatic N) is 5. The number of ether oxygens (including phenoxy) is 1. The number of hydrogen-bond acceptors (Lipinski definition) is 5. The van der Waals surface area contributed by atoms with Crippen LogP contribution in [0.15, 0.2) is 42.9 Å². The van der Waals surface area contributed by atoms with Gasteiger partial charge in [-0.25, -0.2) is 4.98 Å². The second kappa shape index (κ2) is 10.2. The molecule has 3 rings (SSSR count). The molecule has 36 heavy (non-hydrogen) atoms. The third-order valence-electron chi connectivity index (χ3n) is 5.23. The van der Waals surface area contributed by atoms with E-state index < -0.39 is 52.7 Å². The molecule has 0 saturated heterocycles. The maximum absolute atomic E-state index is 13.8. The van der Waals surface area contributed by atoms with Crippen molar-refractivity contribution >= 4 is 5.91 Å². The summed E-state index contributed by atoms with van der Waals surface area (Å²) in [4.78, 5) is 22.4. The molecule has 7 nitrogen and oxygen atoms in total. The van der Waals surface area contributed by atoms with Crippen LogP contribution in [0.3, 0.4) is 0 Å². The van der Waals surface area contributed by atoms with Gasteiger partial charge in [-0.1, -0.05) is 0 Å². The van der Waals surface area contributed by atoms with Crippen molar-refractivity contribution < 1.29 is 35.9 Å². The van der Waals surface area contributed by atoms with E-state index in [4.69, 9.17) is 4.74 Å². The number of carbonyl (C=O) groups excluding carboxylic acids is 1. The lowest BCUT2D eigenvalue weighted by Gasteiger charge is -2.33. The van der Waals surface area contributed by atoms with Gasteiger partial charge in [0.05, 0.1) is 22.9 Å². The van der Waals surface area contributed by atoms with Crippen LogP contribution < -0.4 is 4.74 Å². The molecule has 0 aliphatic carbocycles. The molecule has 0 radical (unpaired) electrons. The third-order valence-corrected chi connectivity index (χ3v) is 5.23. The number of aromatic nitrogens is 4. The molecule has 0 fully saturated rings. The minimum atomic E-state index is -4.77. The van der Waals surface area contributed by atoms with Gasteiger partial charge in [-0.2, -0.15) is 31.4 Å². The molecule has 0 bridgehead atoms. The first kappa shape index (κ1) is 27.0. The minimum Gasteiger partial charge on any atom is -0.475 e. The second-order valence-electron chi connectivity index (χ2n) is 8.30. The predicted octanol–water partition coefficient (Wildman–Crippen LogP) is 5.23. The van der Waals surface area contributed by atoms with Gasteiger partial charge in [0.1, 0.15) is 12.3 Å². The standard InChI is InChI=1S/C23H23F6N5O2/c1-13(2)34(14(3)12-36-18-6-5-15(11-31-18)22(24,25)26)21(35)20-19(17-8-10-33(4)32-17)16(7-9-30-20)23(27,28)29/h5-11,13-14H,12H2,1-4H3. The molecule has 0 aromatic carbocycles. The second-order valence-corrected chi connectivity index (χ2v) is 8.30. The van der Waals surface area contributed by atoms with E-state index in [1.807, 2.05) is 0 Å². The highest BCUT2D eigenvalue weighted by molar-refractivity contribution is 5.99. The van der Waals surface area contributed by atoms with Crippen molar-refractivity contribution in [1.82, 2.24) is 24.6 Å². The molecule has 0 N–H and O–H groups in total. The summed E-state index contributed by atoms with van der Waals surface area (Å²) in [6.45, 7) is 4.74. The number of hydrogen-bond donors (Lipinski definition) is 0. The van der Waals surface area contributed by atoms with E-state index in [9.17, 15) is 31.1 Å². The Morgan fingerprint density at radius 1 is 1.03 bits per heavy atom. The number of rotatable bonds is 7. The topological polar surface area (TPSA) is 73.1 Å². The van der Waals surface area contributed by atoms with Crippen LogP contribution in [0, 0.1) is 0 Å². The molecule has 13 heteroatoms. The van der Waals surface area contributed by atoms with Crippen LogP contribution in [0.1, 0.15) is 42.4 Å². The van der Waals surface area contributed by atoms with Gasteiger partial charge >= 0.3 is 12.4 Å². The maximum atomic E-state index is 13.8. The van der Waals surface area contributed by atoms with Crippen LogP contribution in [0.5, 0.6) is 5.88 Å². The normalized spacial score (nSPS) is 13.1. The number of halogens is 6. The van der Waals surface area contributed by atoms with Crippen molar-refractivity contribution in [3.8, 4) is 17.1 Å². The first-order valence-electron chi connectivity index (χ1n) is 10.7. The molecule has 0 saturated carbocycles. The fraction of sp³-hybridized carbons (Fsp3) is 0.391. The number of amides is 1. The zero-order chi connectivity index (χ0) is 26.8. The summed E-state index contributed by atoms with van der Waals surface area (Å²) in [5.41, 5.74) is -2.95. The van der Waals surface area contributed by atoms with E-state index in [-0.39, 0.29) is 18.2 Å². The molecule has 1 atom stereocenters. The SMILES string of the molecule is CC(C)N(C(=O)c1nccc(C(F)(F)F)c1-c1ccn(C)n1)C(C)COc1ccc(C(F)(F)F)cn1. The average Bonchev–Trinajstić information content (AvgIpc) is 3.22. The summed E-state index contributed by atoms with van der Waals surface area (Å²) >= 11 is 0. The molecule has 0 aliphatic rings. The first-order chi connectivity index (χ1) is 16.7. The molecule has 1 unspecified atom stereocenters. The molecule has 194 valence electrons. The fourth-order valence-corrected chi connectivity index (χ4v) is 3.65. The number of carbonyl (C=O) groups is 1. The van der Waals surface area contributed by atoms with Gasteiger partial charge in [-0.05, 0) is 39.0 Å². The zero-order valence-corrected chi connectivity index (χ0v) is 19.7. The molecule has 3 aromatic rings. The summed E-state index contributed by atoms with van der Waals surface area (Å²) in [6.07, 6.45) is -6.34. The summed E-state index contributed by atoms with van der Waals surface area (Å²) in [5, 5.41) is 4.04. The van der Waals surface area contributed by atoms with Crippen LogP contribution in [0.4, 0.5) is 26.3 Å². The molecule has 3 aromatic heterocycles. The van der Waals surface area contributed by atoms with E-state index in [1.165, 1.54) is 28.9 Å². The summed E-state index contributed by atoms with van der Waals surface area (Å²) < 4.78 is 86.4.